The topological polar surface area (TPSA) is 122 Å². The molecule has 0 fully saturated rings. The van der Waals surface area contributed by atoms with E-state index in [1.807, 2.05) is 64.1 Å². The fourth-order valence-corrected chi connectivity index (χ4v) is 5.76. The average Bonchev–Trinajstić information content (AvgIpc) is 2.92. The van der Waals surface area contributed by atoms with Crippen LogP contribution in [-0.2, 0) is 11.2 Å². The molecule has 41 heavy (non-hydrogen) atoms. The van der Waals surface area contributed by atoms with Crippen LogP contribution in [0, 0.1) is 36.3 Å². The van der Waals surface area contributed by atoms with Gasteiger partial charge >= 0.3 is 5.97 Å². The van der Waals surface area contributed by atoms with Gasteiger partial charge in [0.05, 0.1) is 27.3 Å². The maximum atomic E-state index is 13.1. The number of aromatic carboxylic acids is 1. The lowest BCUT2D eigenvalue weighted by atomic mass is 9.71. The number of allylic oxidation sites excluding steroid dienone is 1. The van der Waals surface area contributed by atoms with Gasteiger partial charge in [0, 0.05) is 29.1 Å². The number of nitro groups is 1. The zero-order valence-electron chi connectivity index (χ0n) is 23.4. The number of para-hydroxylation sites is 2. The molecule has 1 unspecified atom stereocenters. The van der Waals surface area contributed by atoms with E-state index in [2.05, 4.69) is 5.32 Å². The summed E-state index contributed by atoms with van der Waals surface area (Å²) in [7, 11) is 0. The van der Waals surface area contributed by atoms with Gasteiger partial charge in [-0.1, -0.05) is 55.5 Å². The normalized spacial score (nSPS) is 16.1. The molecular formula is C33H31N3O5. The number of carbonyl (C=O) groups is 2. The van der Waals surface area contributed by atoms with Gasteiger partial charge < -0.3 is 10.4 Å². The van der Waals surface area contributed by atoms with Gasteiger partial charge in [-0.2, -0.15) is 0 Å². The first-order chi connectivity index (χ1) is 19.5. The Bertz CT molecular complexity index is 1750. The number of hydrogen-bond donors (Lipinski definition) is 2. The van der Waals surface area contributed by atoms with E-state index in [9.17, 15) is 24.8 Å². The predicted octanol–water partition coefficient (Wildman–Crippen LogP) is 7.18. The summed E-state index contributed by atoms with van der Waals surface area (Å²) < 4.78 is 0. The van der Waals surface area contributed by atoms with Crippen LogP contribution >= 0.6 is 0 Å². The number of hydrogen-bond acceptors (Lipinski definition) is 5. The van der Waals surface area contributed by atoms with Gasteiger partial charge in [0.1, 0.15) is 0 Å². The van der Waals surface area contributed by atoms with E-state index < -0.39 is 16.3 Å². The van der Waals surface area contributed by atoms with Crippen molar-refractivity contribution < 1.29 is 19.6 Å². The van der Waals surface area contributed by atoms with Crippen molar-refractivity contribution in [1.29, 1.82) is 0 Å². The summed E-state index contributed by atoms with van der Waals surface area (Å²) in [5.74, 6) is -1.24. The molecule has 1 aliphatic rings. The number of aromatic nitrogens is 1. The number of amides is 1. The van der Waals surface area contributed by atoms with Gasteiger partial charge in [-0.15, -0.1) is 0 Å². The highest BCUT2D eigenvalue weighted by atomic mass is 16.6. The predicted molar refractivity (Wildman–Crippen MR) is 159 cm³/mol. The van der Waals surface area contributed by atoms with Crippen LogP contribution in [0.2, 0.25) is 0 Å². The second kappa shape index (κ2) is 10.6. The zero-order valence-corrected chi connectivity index (χ0v) is 23.4. The third kappa shape index (κ3) is 5.33. The molecule has 1 aromatic heterocycles. The second-order valence-electron chi connectivity index (χ2n) is 11.1. The highest BCUT2D eigenvalue weighted by molar-refractivity contribution is 6.06. The molecule has 0 radical (unpaired) electrons. The van der Waals surface area contributed by atoms with Gasteiger partial charge in [-0.25, -0.2) is 9.78 Å². The van der Waals surface area contributed by atoms with Gasteiger partial charge in [-0.05, 0) is 73.4 Å². The second-order valence-corrected chi connectivity index (χ2v) is 11.1. The fraction of sp³-hybridized carbons (Fsp3) is 0.242. The van der Waals surface area contributed by atoms with E-state index in [4.69, 9.17) is 4.98 Å². The number of carboxylic acids is 1. The number of benzene rings is 3. The third-order valence-corrected chi connectivity index (χ3v) is 7.84. The lowest BCUT2D eigenvalue weighted by molar-refractivity contribution is -0.385. The van der Waals surface area contributed by atoms with Gasteiger partial charge in [0.25, 0.3) is 5.69 Å². The van der Waals surface area contributed by atoms with E-state index in [1.165, 1.54) is 6.07 Å². The number of carbonyl (C=O) groups excluding carboxylic acids is 1. The van der Waals surface area contributed by atoms with Gasteiger partial charge in [0.15, 0.2) is 0 Å². The van der Waals surface area contributed by atoms with Crippen molar-refractivity contribution >= 4 is 39.7 Å². The Kier molecular flexibility index (Phi) is 7.17. The molecule has 8 heteroatoms. The molecular weight excluding hydrogens is 518 g/mol. The Balaban J connectivity index is 1.63. The highest BCUT2D eigenvalue weighted by Crippen LogP contribution is 2.46. The highest BCUT2D eigenvalue weighted by Gasteiger charge is 2.36. The van der Waals surface area contributed by atoms with E-state index in [0.717, 1.165) is 22.4 Å². The van der Waals surface area contributed by atoms with Crippen molar-refractivity contribution in [2.24, 2.45) is 5.41 Å². The Morgan fingerprint density at radius 3 is 2.44 bits per heavy atom. The molecule has 0 bridgehead atoms. The van der Waals surface area contributed by atoms with Crippen LogP contribution in [0.1, 0.15) is 63.6 Å². The minimum atomic E-state index is -1.09. The van der Waals surface area contributed by atoms with Crippen molar-refractivity contribution in [2.75, 3.05) is 5.32 Å². The van der Waals surface area contributed by atoms with Crippen LogP contribution in [-0.4, -0.2) is 26.9 Å². The quantitative estimate of drug-likeness (QED) is 0.186. The Morgan fingerprint density at radius 1 is 1.05 bits per heavy atom. The monoisotopic (exact) mass is 549 g/mol. The number of anilines is 1. The molecule has 5 rings (SSSR count). The van der Waals surface area contributed by atoms with Crippen LogP contribution < -0.4 is 5.32 Å². The minimum absolute atomic E-state index is 0.0928. The average molecular weight is 550 g/mol. The van der Waals surface area contributed by atoms with Crippen molar-refractivity contribution in [2.45, 2.75) is 47.0 Å². The number of nitrogens with zero attached hydrogens (tertiary/aromatic N) is 2. The number of nitro benzene ring substituents is 1. The third-order valence-electron chi connectivity index (χ3n) is 7.84. The summed E-state index contributed by atoms with van der Waals surface area (Å²) in [6, 6.07) is 17.7. The largest absolute Gasteiger partial charge is 0.478 e. The Labute approximate surface area is 237 Å². The molecule has 1 amide bonds. The Morgan fingerprint density at radius 2 is 1.76 bits per heavy atom. The van der Waals surface area contributed by atoms with E-state index in [1.54, 1.807) is 24.3 Å². The summed E-state index contributed by atoms with van der Waals surface area (Å²) in [5, 5.41) is 26.0. The van der Waals surface area contributed by atoms with Crippen LogP contribution in [0.4, 0.5) is 11.4 Å². The summed E-state index contributed by atoms with van der Waals surface area (Å²) in [4.78, 5) is 42.3. The zero-order chi connectivity index (χ0) is 29.5. The maximum absolute atomic E-state index is 13.1. The Hall–Kier alpha value is -4.85. The summed E-state index contributed by atoms with van der Waals surface area (Å²) in [6.07, 6.45) is 2.84. The molecule has 0 saturated carbocycles. The molecule has 0 aliphatic heterocycles. The summed E-state index contributed by atoms with van der Waals surface area (Å²) in [5.41, 5.74) is 5.33. The molecule has 1 heterocycles. The summed E-state index contributed by atoms with van der Waals surface area (Å²) in [6.45, 7) is 7.74. The molecule has 3 aromatic carbocycles. The molecule has 0 spiro atoms. The number of nitrogens with one attached hydrogen (secondary N) is 1. The summed E-state index contributed by atoms with van der Waals surface area (Å²) >= 11 is 0. The van der Waals surface area contributed by atoms with Crippen LogP contribution in [0.25, 0.3) is 16.5 Å². The van der Waals surface area contributed by atoms with E-state index >= 15 is 0 Å². The van der Waals surface area contributed by atoms with E-state index in [-0.39, 0.29) is 23.6 Å². The minimum Gasteiger partial charge on any atom is -0.478 e. The molecule has 4 aromatic rings. The van der Waals surface area contributed by atoms with Crippen molar-refractivity contribution in [1.82, 2.24) is 4.98 Å². The molecule has 1 atom stereocenters. The van der Waals surface area contributed by atoms with Gasteiger partial charge in [-0.3, -0.25) is 14.9 Å². The first kappa shape index (κ1) is 27.7. The number of aryl methyl sites for hydroxylation is 3. The van der Waals surface area contributed by atoms with Crippen molar-refractivity contribution in [3.63, 3.8) is 0 Å². The van der Waals surface area contributed by atoms with Crippen molar-refractivity contribution in [3.05, 3.63) is 116 Å². The van der Waals surface area contributed by atoms with Crippen LogP contribution in [0.15, 0.2) is 66.7 Å². The van der Waals surface area contributed by atoms with Gasteiger partial charge in [0.2, 0.25) is 5.91 Å². The SMILES string of the molecule is Cc1ccc2c(C(=O)O)c3c(nc2c1)C(c1ccccc1[N+](=O)[O-])=CC(C)(CCC(=O)Nc1c(C)cccc1C)C3. The van der Waals surface area contributed by atoms with Crippen LogP contribution in [0.5, 0.6) is 0 Å². The fourth-order valence-electron chi connectivity index (χ4n) is 5.76. The number of rotatable bonds is 7. The maximum Gasteiger partial charge on any atom is 0.336 e. The van der Waals surface area contributed by atoms with Crippen molar-refractivity contribution in [3.8, 4) is 0 Å². The number of fused-ring (bicyclic) bond motifs is 2. The lowest BCUT2D eigenvalue weighted by Gasteiger charge is -2.34. The smallest absolute Gasteiger partial charge is 0.336 e. The molecule has 208 valence electrons. The van der Waals surface area contributed by atoms with E-state index in [0.29, 0.717) is 46.1 Å². The molecule has 8 nitrogen and oxygen atoms in total. The number of carboxylic acid groups (broad SMARTS) is 1. The number of pyridine rings is 1. The van der Waals surface area contributed by atoms with Crippen LogP contribution in [0.3, 0.4) is 0 Å². The lowest BCUT2D eigenvalue weighted by Crippen LogP contribution is -2.27. The first-order valence-electron chi connectivity index (χ1n) is 13.5. The first-order valence-corrected chi connectivity index (χ1v) is 13.5. The molecule has 0 saturated heterocycles. The standard InChI is InChI=1S/C33H31N3O5/c1-19-12-13-23-26(16-19)34-31-24(22-10-5-6-11-27(22)36(40)41)17-33(4,18-25(31)29(23)32(38)39)15-14-28(37)35-30-20(2)8-7-9-21(30)3/h5-13,16-17H,14-15,18H2,1-4H3,(H,35,37)(H,38,39). The molecule has 2 N–H and O–H groups in total. The molecule has 1 aliphatic carbocycles.